The summed E-state index contributed by atoms with van der Waals surface area (Å²) >= 11 is 0. The van der Waals surface area contributed by atoms with E-state index in [1.54, 1.807) is 12.1 Å². The molecular formula is C20H26N2O4S2. The summed E-state index contributed by atoms with van der Waals surface area (Å²) in [5.74, 6) is 0.132. The van der Waals surface area contributed by atoms with Gasteiger partial charge >= 0.3 is 0 Å². The molecule has 6 nitrogen and oxygen atoms in total. The smallest absolute Gasteiger partial charge is 0.240 e. The molecule has 0 aromatic heterocycles. The summed E-state index contributed by atoms with van der Waals surface area (Å²) in [6.45, 7) is 2.28. The number of nitrogens with zero attached hydrogens (tertiary/aromatic N) is 1. The summed E-state index contributed by atoms with van der Waals surface area (Å²) in [5.41, 5.74) is 1.68. The highest BCUT2D eigenvalue weighted by molar-refractivity contribution is 7.92. The maximum absolute atomic E-state index is 12.6. The number of benzene rings is 2. The summed E-state index contributed by atoms with van der Waals surface area (Å²) in [7, 11) is -6.97. The summed E-state index contributed by atoms with van der Waals surface area (Å²) in [5, 5.41) is 0. The lowest BCUT2D eigenvalue weighted by molar-refractivity contribution is 0.547. The SMILES string of the molecule is C[C@@H](CCc1ccccc1)NS(=O)(=O)c1ccc(N2CCCCS2(=O)=O)cc1. The van der Waals surface area contributed by atoms with Crippen molar-refractivity contribution in [2.75, 3.05) is 16.6 Å². The quantitative estimate of drug-likeness (QED) is 0.744. The third-order valence-electron chi connectivity index (χ3n) is 4.85. The third-order valence-corrected chi connectivity index (χ3v) is 8.32. The van der Waals surface area contributed by atoms with E-state index < -0.39 is 20.0 Å². The summed E-state index contributed by atoms with van der Waals surface area (Å²) in [6, 6.07) is 15.8. The molecule has 1 atom stereocenters. The molecule has 0 unspecified atom stereocenters. The molecule has 152 valence electrons. The Morgan fingerprint density at radius 2 is 1.71 bits per heavy atom. The minimum Gasteiger partial charge on any atom is -0.270 e. The first kappa shape index (κ1) is 20.8. The van der Waals surface area contributed by atoms with Crippen molar-refractivity contribution in [2.45, 2.75) is 43.5 Å². The molecule has 0 spiro atoms. The van der Waals surface area contributed by atoms with Gasteiger partial charge in [-0.25, -0.2) is 21.6 Å². The Hall–Kier alpha value is -1.90. The van der Waals surface area contributed by atoms with Gasteiger partial charge in [-0.15, -0.1) is 0 Å². The first-order chi connectivity index (χ1) is 13.3. The monoisotopic (exact) mass is 422 g/mol. The van der Waals surface area contributed by atoms with Gasteiger partial charge in [-0.1, -0.05) is 30.3 Å². The van der Waals surface area contributed by atoms with Crippen molar-refractivity contribution in [3.63, 3.8) is 0 Å². The zero-order chi connectivity index (χ0) is 20.2. The first-order valence-corrected chi connectivity index (χ1v) is 12.5. The fourth-order valence-electron chi connectivity index (χ4n) is 3.29. The van der Waals surface area contributed by atoms with Crippen LogP contribution in [0.1, 0.15) is 31.7 Å². The van der Waals surface area contributed by atoms with E-state index in [1.807, 2.05) is 37.3 Å². The standard InChI is InChI=1S/C20H26N2O4S2/c1-17(9-10-18-7-3-2-4-8-18)21-28(25,26)20-13-11-19(12-14-20)22-15-5-6-16-27(22,23)24/h2-4,7-8,11-14,17,21H,5-6,9-10,15-16H2,1H3/t17-/m0/s1. The zero-order valence-corrected chi connectivity index (χ0v) is 17.5. The van der Waals surface area contributed by atoms with E-state index in [9.17, 15) is 16.8 Å². The van der Waals surface area contributed by atoms with E-state index >= 15 is 0 Å². The molecule has 1 fully saturated rings. The zero-order valence-electron chi connectivity index (χ0n) is 15.9. The second-order valence-electron chi connectivity index (χ2n) is 7.14. The molecule has 0 radical (unpaired) electrons. The van der Waals surface area contributed by atoms with Crippen LogP contribution in [-0.4, -0.2) is 35.2 Å². The van der Waals surface area contributed by atoms with Crippen LogP contribution in [0.3, 0.4) is 0 Å². The van der Waals surface area contributed by atoms with E-state index in [-0.39, 0.29) is 16.7 Å². The van der Waals surface area contributed by atoms with Crippen molar-refractivity contribution in [1.29, 1.82) is 0 Å². The number of hydrogen-bond acceptors (Lipinski definition) is 4. The number of rotatable bonds is 7. The number of sulfonamides is 2. The predicted molar refractivity (Wildman–Crippen MR) is 111 cm³/mol. The van der Waals surface area contributed by atoms with Gasteiger partial charge in [0.25, 0.3) is 0 Å². The second-order valence-corrected chi connectivity index (χ2v) is 10.9. The molecule has 0 bridgehead atoms. The number of hydrogen-bond donors (Lipinski definition) is 1. The van der Waals surface area contributed by atoms with Gasteiger partial charge in [0.15, 0.2) is 0 Å². The number of aryl methyl sites for hydroxylation is 1. The maximum atomic E-state index is 12.6. The Morgan fingerprint density at radius 1 is 1.04 bits per heavy atom. The molecule has 1 aliphatic heterocycles. The van der Waals surface area contributed by atoms with Crippen LogP contribution in [0.4, 0.5) is 5.69 Å². The van der Waals surface area contributed by atoms with Gasteiger partial charge in [0, 0.05) is 12.6 Å². The van der Waals surface area contributed by atoms with E-state index in [2.05, 4.69) is 4.72 Å². The average molecular weight is 423 g/mol. The van der Waals surface area contributed by atoms with E-state index in [0.717, 1.165) is 12.8 Å². The Labute approximate surface area is 167 Å². The van der Waals surface area contributed by atoms with Crippen LogP contribution in [0.2, 0.25) is 0 Å². The van der Waals surface area contributed by atoms with Crippen molar-refractivity contribution >= 4 is 25.7 Å². The molecule has 3 rings (SSSR count). The van der Waals surface area contributed by atoms with Crippen LogP contribution in [0.5, 0.6) is 0 Å². The molecule has 0 aliphatic carbocycles. The highest BCUT2D eigenvalue weighted by Gasteiger charge is 2.26. The number of nitrogens with one attached hydrogen (secondary N) is 1. The Kier molecular flexibility index (Phi) is 6.42. The summed E-state index contributed by atoms with van der Waals surface area (Å²) in [6.07, 6.45) is 2.94. The molecule has 2 aromatic carbocycles. The largest absolute Gasteiger partial charge is 0.270 e. The highest BCUT2D eigenvalue weighted by Crippen LogP contribution is 2.25. The van der Waals surface area contributed by atoms with Gasteiger partial charge in [0.2, 0.25) is 20.0 Å². The Balaban J connectivity index is 1.65. The number of anilines is 1. The highest BCUT2D eigenvalue weighted by atomic mass is 32.2. The second kappa shape index (κ2) is 8.63. The van der Waals surface area contributed by atoms with Crippen molar-refractivity contribution < 1.29 is 16.8 Å². The maximum Gasteiger partial charge on any atom is 0.240 e. The average Bonchev–Trinajstić information content (AvgIpc) is 2.67. The lowest BCUT2D eigenvalue weighted by Crippen LogP contribution is -2.37. The molecule has 0 amide bonds. The van der Waals surface area contributed by atoms with Crippen LogP contribution in [-0.2, 0) is 26.5 Å². The van der Waals surface area contributed by atoms with E-state index in [0.29, 0.717) is 25.1 Å². The fourth-order valence-corrected chi connectivity index (χ4v) is 6.21. The lowest BCUT2D eigenvalue weighted by Gasteiger charge is -2.28. The molecule has 1 heterocycles. The Bertz CT molecular complexity index is 988. The third kappa shape index (κ3) is 5.12. The van der Waals surface area contributed by atoms with Gasteiger partial charge in [-0.2, -0.15) is 0 Å². The molecule has 2 aromatic rings. The van der Waals surface area contributed by atoms with Crippen LogP contribution >= 0.6 is 0 Å². The predicted octanol–water partition coefficient (Wildman–Crippen LogP) is 2.92. The molecule has 0 saturated carbocycles. The molecule has 1 aliphatic rings. The summed E-state index contributed by atoms with van der Waals surface area (Å²) < 4.78 is 53.7. The molecule has 8 heteroatoms. The van der Waals surface area contributed by atoms with Crippen molar-refractivity contribution in [1.82, 2.24) is 4.72 Å². The lowest BCUT2D eigenvalue weighted by atomic mass is 10.1. The van der Waals surface area contributed by atoms with Crippen molar-refractivity contribution in [2.24, 2.45) is 0 Å². The van der Waals surface area contributed by atoms with Gasteiger partial charge in [0.1, 0.15) is 0 Å². The minimum atomic E-state index is -3.66. The van der Waals surface area contributed by atoms with Crippen molar-refractivity contribution in [3.05, 3.63) is 60.2 Å². The van der Waals surface area contributed by atoms with Crippen LogP contribution < -0.4 is 9.03 Å². The molecular weight excluding hydrogens is 396 g/mol. The normalized spacial score (nSPS) is 18.0. The fraction of sp³-hybridized carbons (Fsp3) is 0.400. The first-order valence-electron chi connectivity index (χ1n) is 9.45. The van der Waals surface area contributed by atoms with Gasteiger partial charge < -0.3 is 0 Å². The van der Waals surface area contributed by atoms with Crippen LogP contribution in [0, 0.1) is 0 Å². The molecule has 1 N–H and O–H groups in total. The minimum absolute atomic E-state index is 0.132. The topological polar surface area (TPSA) is 83.6 Å². The van der Waals surface area contributed by atoms with E-state index in [4.69, 9.17) is 0 Å². The van der Waals surface area contributed by atoms with Crippen LogP contribution in [0.15, 0.2) is 59.5 Å². The summed E-state index contributed by atoms with van der Waals surface area (Å²) in [4.78, 5) is 0.136. The van der Waals surface area contributed by atoms with E-state index in [1.165, 1.54) is 22.0 Å². The molecule has 28 heavy (non-hydrogen) atoms. The van der Waals surface area contributed by atoms with Gasteiger partial charge in [0.05, 0.1) is 16.3 Å². The van der Waals surface area contributed by atoms with Gasteiger partial charge in [-0.05, 0) is 62.4 Å². The van der Waals surface area contributed by atoms with Gasteiger partial charge in [-0.3, -0.25) is 4.31 Å². The molecule has 1 saturated heterocycles. The van der Waals surface area contributed by atoms with Crippen molar-refractivity contribution in [3.8, 4) is 0 Å². The Morgan fingerprint density at radius 3 is 2.36 bits per heavy atom. The van der Waals surface area contributed by atoms with Crippen LogP contribution in [0.25, 0.3) is 0 Å².